The molecule has 0 aromatic heterocycles. The van der Waals surface area contributed by atoms with E-state index in [9.17, 15) is 9.18 Å². The molecule has 0 aliphatic rings. The first kappa shape index (κ1) is 10.4. The van der Waals surface area contributed by atoms with Gasteiger partial charge in [-0.1, -0.05) is 18.2 Å². The zero-order valence-electron chi connectivity index (χ0n) is 7.40. The Morgan fingerprint density at radius 2 is 2.29 bits per heavy atom. The van der Waals surface area contributed by atoms with E-state index in [0.717, 1.165) is 6.07 Å². The van der Waals surface area contributed by atoms with Gasteiger partial charge in [0.25, 0.3) is 0 Å². The standard InChI is InChI=1S/C10H10FNO2/c11-8-4-3-7(2-1-5-12)9(6-8)10(13)14/h1-4,6H,5,12H2,(H,13,14). The minimum atomic E-state index is -1.15. The maximum atomic E-state index is 12.7. The fraction of sp³-hybridized carbons (Fsp3) is 0.100. The van der Waals surface area contributed by atoms with E-state index in [2.05, 4.69) is 0 Å². The summed E-state index contributed by atoms with van der Waals surface area (Å²) in [6.45, 7) is 0.316. The smallest absolute Gasteiger partial charge is 0.336 e. The van der Waals surface area contributed by atoms with E-state index in [1.54, 1.807) is 12.2 Å². The summed E-state index contributed by atoms with van der Waals surface area (Å²) in [5.41, 5.74) is 5.61. The summed E-state index contributed by atoms with van der Waals surface area (Å²) >= 11 is 0. The van der Waals surface area contributed by atoms with Crippen LogP contribution in [-0.2, 0) is 0 Å². The van der Waals surface area contributed by atoms with E-state index in [1.165, 1.54) is 12.1 Å². The van der Waals surface area contributed by atoms with Gasteiger partial charge >= 0.3 is 5.97 Å². The van der Waals surface area contributed by atoms with Gasteiger partial charge in [-0.3, -0.25) is 0 Å². The minimum Gasteiger partial charge on any atom is -0.478 e. The molecular formula is C10H10FNO2. The molecule has 0 spiro atoms. The van der Waals surface area contributed by atoms with E-state index in [1.807, 2.05) is 0 Å². The van der Waals surface area contributed by atoms with Gasteiger partial charge < -0.3 is 10.8 Å². The molecule has 14 heavy (non-hydrogen) atoms. The quantitative estimate of drug-likeness (QED) is 0.768. The highest BCUT2D eigenvalue weighted by Gasteiger charge is 2.08. The van der Waals surface area contributed by atoms with Crippen molar-refractivity contribution in [1.29, 1.82) is 0 Å². The Balaban J connectivity index is 3.15. The van der Waals surface area contributed by atoms with Crippen LogP contribution in [-0.4, -0.2) is 17.6 Å². The first-order valence-corrected chi connectivity index (χ1v) is 4.04. The Kier molecular flexibility index (Phi) is 3.36. The molecular weight excluding hydrogens is 185 g/mol. The second kappa shape index (κ2) is 4.53. The lowest BCUT2D eigenvalue weighted by atomic mass is 10.1. The third kappa shape index (κ3) is 2.40. The summed E-state index contributed by atoms with van der Waals surface area (Å²) in [4.78, 5) is 10.7. The van der Waals surface area contributed by atoms with Crippen molar-refractivity contribution in [1.82, 2.24) is 0 Å². The highest BCUT2D eigenvalue weighted by molar-refractivity contribution is 5.92. The second-order valence-electron chi connectivity index (χ2n) is 2.67. The first-order valence-electron chi connectivity index (χ1n) is 4.04. The van der Waals surface area contributed by atoms with Crippen LogP contribution in [0.3, 0.4) is 0 Å². The number of carbonyl (C=O) groups is 1. The number of halogens is 1. The number of benzene rings is 1. The SMILES string of the molecule is NCC=Cc1ccc(F)cc1C(=O)O. The number of hydrogen-bond acceptors (Lipinski definition) is 2. The van der Waals surface area contributed by atoms with Crippen molar-refractivity contribution in [3.05, 3.63) is 41.2 Å². The summed E-state index contributed by atoms with van der Waals surface area (Å²) in [6.07, 6.45) is 3.17. The van der Waals surface area contributed by atoms with Crippen LogP contribution in [0.15, 0.2) is 24.3 Å². The lowest BCUT2D eigenvalue weighted by Gasteiger charge is -2.00. The molecule has 3 nitrogen and oxygen atoms in total. The van der Waals surface area contributed by atoms with Gasteiger partial charge in [0.15, 0.2) is 0 Å². The molecule has 0 amide bonds. The van der Waals surface area contributed by atoms with Gasteiger partial charge in [0.2, 0.25) is 0 Å². The number of rotatable bonds is 3. The molecule has 1 rings (SSSR count). The fourth-order valence-corrected chi connectivity index (χ4v) is 1.05. The number of carboxylic acids is 1. The molecule has 74 valence electrons. The van der Waals surface area contributed by atoms with Gasteiger partial charge in [0, 0.05) is 6.54 Å². The largest absolute Gasteiger partial charge is 0.478 e. The number of aromatic carboxylic acids is 1. The average Bonchev–Trinajstić information content (AvgIpc) is 2.15. The predicted molar refractivity (Wildman–Crippen MR) is 51.4 cm³/mol. The molecule has 0 bridgehead atoms. The molecule has 0 atom stereocenters. The number of hydrogen-bond donors (Lipinski definition) is 2. The lowest BCUT2D eigenvalue weighted by Crippen LogP contribution is -2.00. The van der Waals surface area contributed by atoms with E-state index >= 15 is 0 Å². The molecule has 0 heterocycles. The molecule has 0 radical (unpaired) electrons. The first-order chi connectivity index (χ1) is 6.65. The maximum absolute atomic E-state index is 12.7. The summed E-state index contributed by atoms with van der Waals surface area (Å²) in [5, 5.41) is 8.76. The average molecular weight is 195 g/mol. The van der Waals surface area contributed by atoms with Crippen LogP contribution in [0.2, 0.25) is 0 Å². The third-order valence-corrected chi connectivity index (χ3v) is 1.68. The van der Waals surface area contributed by atoms with E-state index in [-0.39, 0.29) is 5.56 Å². The van der Waals surface area contributed by atoms with Crippen molar-refractivity contribution in [2.75, 3.05) is 6.54 Å². The Hall–Kier alpha value is -1.68. The van der Waals surface area contributed by atoms with Gasteiger partial charge in [-0.05, 0) is 17.7 Å². The van der Waals surface area contributed by atoms with Crippen molar-refractivity contribution < 1.29 is 14.3 Å². The monoisotopic (exact) mass is 195 g/mol. The number of nitrogens with two attached hydrogens (primary N) is 1. The Bertz CT molecular complexity index is 374. The summed E-state index contributed by atoms with van der Waals surface area (Å²) in [6, 6.07) is 3.60. The molecule has 0 saturated carbocycles. The predicted octanol–water partition coefficient (Wildman–Crippen LogP) is 1.50. The van der Waals surface area contributed by atoms with Crippen molar-refractivity contribution >= 4 is 12.0 Å². The maximum Gasteiger partial charge on any atom is 0.336 e. The zero-order chi connectivity index (χ0) is 10.6. The van der Waals surface area contributed by atoms with E-state index < -0.39 is 11.8 Å². The molecule has 0 aliphatic carbocycles. The number of carboxylic acid groups (broad SMARTS) is 1. The third-order valence-electron chi connectivity index (χ3n) is 1.68. The molecule has 3 N–H and O–H groups in total. The van der Waals surface area contributed by atoms with Crippen molar-refractivity contribution in [3.63, 3.8) is 0 Å². The minimum absolute atomic E-state index is 0.0605. The molecule has 1 aromatic carbocycles. The van der Waals surface area contributed by atoms with Crippen LogP contribution in [0, 0.1) is 5.82 Å². The van der Waals surface area contributed by atoms with Crippen molar-refractivity contribution in [3.8, 4) is 0 Å². The Morgan fingerprint density at radius 1 is 1.57 bits per heavy atom. The van der Waals surface area contributed by atoms with Crippen molar-refractivity contribution in [2.45, 2.75) is 0 Å². The highest BCUT2D eigenvalue weighted by atomic mass is 19.1. The summed E-state index contributed by atoms with van der Waals surface area (Å²) < 4.78 is 12.7. The fourth-order valence-electron chi connectivity index (χ4n) is 1.05. The van der Waals surface area contributed by atoms with Gasteiger partial charge in [-0.15, -0.1) is 0 Å². The lowest BCUT2D eigenvalue weighted by molar-refractivity contribution is 0.0696. The molecule has 4 heteroatoms. The molecule has 1 aromatic rings. The molecule has 0 saturated heterocycles. The van der Waals surface area contributed by atoms with E-state index in [4.69, 9.17) is 10.8 Å². The summed E-state index contributed by atoms with van der Waals surface area (Å²) in [7, 11) is 0. The van der Waals surface area contributed by atoms with Crippen LogP contribution in [0.1, 0.15) is 15.9 Å². The second-order valence-corrected chi connectivity index (χ2v) is 2.67. The molecule has 0 unspecified atom stereocenters. The van der Waals surface area contributed by atoms with Gasteiger partial charge in [-0.2, -0.15) is 0 Å². The van der Waals surface area contributed by atoms with Gasteiger partial charge in [0.05, 0.1) is 5.56 Å². The van der Waals surface area contributed by atoms with Crippen molar-refractivity contribution in [2.24, 2.45) is 5.73 Å². The zero-order valence-corrected chi connectivity index (χ0v) is 7.40. The van der Waals surface area contributed by atoms with E-state index in [0.29, 0.717) is 12.1 Å². The Morgan fingerprint density at radius 3 is 2.86 bits per heavy atom. The summed E-state index contributed by atoms with van der Waals surface area (Å²) in [5.74, 6) is -1.71. The van der Waals surface area contributed by atoms with Gasteiger partial charge in [-0.25, -0.2) is 9.18 Å². The van der Waals surface area contributed by atoms with Gasteiger partial charge in [0.1, 0.15) is 5.82 Å². The van der Waals surface area contributed by atoms with Crippen LogP contribution < -0.4 is 5.73 Å². The van der Waals surface area contributed by atoms with Crippen LogP contribution in [0.25, 0.3) is 6.08 Å². The van der Waals surface area contributed by atoms with Crippen LogP contribution in [0.4, 0.5) is 4.39 Å². The highest BCUT2D eigenvalue weighted by Crippen LogP contribution is 2.12. The van der Waals surface area contributed by atoms with Crippen LogP contribution in [0.5, 0.6) is 0 Å². The van der Waals surface area contributed by atoms with Crippen LogP contribution >= 0.6 is 0 Å². The Labute approximate surface area is 80.7 Å². The molecule has 0 aliphatic heterocycles. The molecule has 0 fully saturated rings. The topological polar surface area (TPSA) is 63.3 Å². The normalized spacial score (nSPS) is 10.7.